The summed E-state index contributed by atoms with van der Waals surface area (Å²) in [5.74, 6) is 5.24. The highest BCUT2D eigenvalue weighted by molar-refractivity contribution is 7.12. The van der Waals surface area contributed by atoms with Gasteiger partial charge in [-0.15, -0.1) is 11.3 Å². The maximum Gasteiger partial charge on any atom is 0.275 e. The van der Waals surface area contributed by atoms with Gasteiger partial charge < -0.3 is 5.32 Å². The molecule has 4 N–H and O–H groups in total. The van der Waals surface area contributed by atoms with Crippen molar-refractivity contribution in [3.63, 3.8) is 0 Å². The van der Waals surface area contributed by atoms with E-state index in [1.165, 1.54) is 11.3 Å². The minimum absolute atomic E-state index is 0.106. The molecule has 7 heteroatoms. The Bertz CT molecular complexity index is 530. The van der Waals surface area contributed by atoms with E-state index in [0.29, 0.717) is 18.0 Å². The number of likely N-dealkylation sites (tertiary alicyclic amines) is 1. The number of amides is 2. The van der Waals surface area contributed by atoms with E-state index < -0.39 is 0 Å². The third-order valence-electron chi connectivity index (χ3n) is 4.17. The molecular formula is C13H18N4O2S. The molecule has 0 saturated carbocycles. The lowest BCUT2D eigenvalue weighted by atomic mass is 9.91. The summed E-state index contributed by atoms with van der Waals surface area (Å²) in [6.07, 6.45) is 1.99. The molecule has 0 aromatic carbocycles. The summed E-state index contributed by atoms with van der Waals surface area (Å²) in [4.78, 5) is 26.4. The van der Waals surface area contributed by atoms with Gasteiger partial charge in [-0.3, -0.25) is 19.9 Å². The maximum absolute atomic E-state index is 11.8. The summed E-state index contributed by atoms with van der Waals surface area (Å²) in [6.45, 7) is 2.38. The molecule has 3 heterocycles. The van der Waals surface area contributed by atoms with Crippen molar-refractivity contribution >= 4 is 23.2 Å². The molecule has 2 saturated heterocycles. The van der Waals surface area contributed by atoms with E-state index >= 15 is 0 Å². The fourth-order valence-electron chi connectivity index (χ4n) is 3.18. The maximum atomic E-state index is 11.8. The standard InChI is InChI=1S/C13H18N4O2S/c14-16-13(19)11-8(3-5-20-11)7-17-4-1-2-9-10(17)6-15-12(9)18/h3,5,9-10H,1-2,4,6-7,14H2,(H,15,18)(H,16,19). The number of carbonyl (C=O) groups is 2. The van der Waals surface area contributed by atoms with Crippen LogP contribution in [0.25, 0.3) is 0 Å². The zero-order chi connectivity index (χ0) is 14.1. The van der Waals surface area contributed by atoms with Gasteiger partial charge in [0.25, 0.3) is 5.91 Å². The van der Waals surface area contributed by atoms with E-state index in [-0.39, 0.29) is 23.8 Å². The van der Waals surface area contributed by atoms with Gasteiger partial charge in [0, 0.05) is 19.1 Å². The third kappa shape index (κ3) is 2.32. The molecule has 1 aromatic heterocycles. The minimum atomic E-state index is -0.246. The van der Waals surface area contributed by atoms with Crippen LogP contribution >= 0.6 is 11.3 Å². The van der Waals surface area contributed by atoms with Crippen molar-refractivity contribution in [2.75, 3.05) is 13.1 Å². The molecular weight excluding hydrogens is 276 g/mol. The molecule has 0 radical (unpaired) electrons. The predicted octanol–water partition coefficient (Wildman–Crippen LogP) is 0.0620. The first kappa shape index (κ1) is 13.5. The molecule has 3 rings (SSSR count). The third-order valence-corrected chi connectivity index (χ3v) is 5.13. The molecule has 1 aromatic rings. The van der Waals surface area contributed by atoms with Gasteiger partial charge in [-0.05, 0) is 36.4 Å². The molecule has 2 atom stereocenters. The van der Waals surface area contributed by atoms with E-state index in [1.807, 2.05) is 11.4 Å². The number of fused-ring (bicyclic) bond motifs is 1. The lowest BCUT2D eigenvalue weighted by Crippen LogP contribution is -2.45. The van der Waals surface area contributed by atoms with Crippen LogP contribution in [0.1, 0.15) is 28.1 Å². The summed E-state index contributed by atoms with van der Waals surface area (Å²) in [7, 11) is 0. The average Bonchev–Trinajstić information content (AvgIpc) is 3.06. The van der Waals surface area contributed by atoms with Crippen LogP contribution in [0.2, 0.25) is 0 Å². The number of nitrogens with one attached hydrogen (secondary N) is 2. The monoisotopic (exact) mass is 294 g/mol. The lowest BCUT2D eigenvalue weighted by Gasteiger charge is -2.35. The smallest absolute Gasteiger partial charge is 0.275 e. The van der Waals surface area contributed by atoms with Gasteiger partial charge in [0.15, 0.2) is 0 Å². The molecule has 108 valence electrons. The van der Waals surface area contributed by atoms with Gasteiger partial charge in [0.2, 0.25) is 5.91 Å². The second kappa shape index (κ2) is 5.51. The van der Waals surface area contributed by atoms with Crippen molar-refractivity contribution in [3.05, 3.63) is 21.9 Å². The number of hydrogen-bond acceptors (Lipinski definition) is 5. The molecule has 2 amide bonds. The van der Waals surface area contributed by atoms with Crippen LogP contribution in [0, 0.1) is 5.92 Å². The van der Waals surface area contributed by atoms with Crippen molar-refractivity contribution in [2.45, 2.75) is 25.4 Å². The first-order valence-electron chi connectivity index (χ1n) is 6.80. The number of nitrogens with zero attached hydrogens (tertiary/aromatic N) is 1. The fraction of sp³-hybridized carbons (Fsp3) is 0.538. The Morgan fingerprint density at radius 2 is 2.45 bits per heavy atom. The minimum Gasteiger partial charge on any atom is -0.354 e. The number of hydrogen-bond donors (Lipinski definition) is 3. The van der Waals surface area contributed by atoms with E-state index in [2.05, 4.69) is 15.6 Å². The number of rotatable bonds is 3. The van der Waals surface area contributed by atoms with Crippen LogP contribution in [-0.2, 0) is 11.3 Å². The number of thiophene rings is 1. The molecule has 2 aliphatic rings. The molecule has 2 aliphatic heterocycles. The molecule has 2 fully saturated rings. The zero-order valence-corrected chi connectivity index (χ0v) is 11.9. The summed E-state index contributed by atoms with van der Waals surface area (Å²) in [6, 6.07) is 2.22. The van der Waals surface area contributed by atoms with Gasteiger partial charge in [-0.1, -0.05) is 0 Å². The average molecular weight is 294 g/mol. The summed E-state index contributed by atoms with van der Waals surface area (Å²) in [5.41, 5.74) is 3.17. The molecule has 0 spiro atoms. The SMILES string of the molecule is NNC(=O)c1sccc1CN1CCCC2C(=O)NCC21. The second-order valence-electron chi connectivity index (χ2n) is 5.28. The highest BCUT2D eigenvalue weighted by atomic mass is 32.1. The van der Waals surface area contributed by atoms with E-state index in [0.717, 1.165) is 24.9 Å². The van der Waals surface area contributed by atoms with Crippen molar-refractivity contribution < 1.29 is 9.59 Å². The van der Waals surface area contributed by atoms with Crippen LogP contribution < -0.4 is 16.6 Å². The van der Waals surface area contributed by atoms with Gasteiger partial charge in [-0.2, -0.15) is 0 Å². The highest BCUT2D eigenvalue weighted by Gasteiger charge is 2.40. The first-order chi connectivity index (χ1) is 9.70. The fourth-order valence-corrected chi connectivity index (χ4v) is 4.00. The summed E-state index contributed by atoms with van der Waals surface area (Å²) in [5, 5.41) is 4.84. The van der Waals surface area contributed by atoms with Gasteiger partial charge >= 0.3 is 0 Å². The van der Waals surface area contributed by atoms with Crippen molar-refractivity contribution in [2.24, 2.45) is 11.8 Å². The molecule has 0 bridgehead atoms. The Hall–Kier alpha value is -1.44. The number of carbonyl (C=O) groups excluding carboxylic acids is 2. The number of hydrazine groups is 1. The molecule has 0 aliphatic carbocycles. The number of nitrogens with two attached hydrogens (primary N) is 1. The van der Waals surface area contributed by atoms with Crippen LogP contribution in [-0.4, -0.2) is 35.8 Å². The Morgan fingerprint density at radius 1 is 1.60 bits per heavy atom. The number of piperidine rings is 1. The quantitative estimate of drug-likeness (QED) is 0.418. The van der Waals surface area contributed by atoms with Crippen molar-refractivity contribution in [1.82, 2.24) is 15.6 Å². The van der Waals surface area contributed by atoms with Gasteiger partial charge in [-0.25, -0.2) is 5.84 Å². The van der Waals surface area contributed by atoms with E-state index in [1.54, 1.807) is 0 Å². The van der Waals surface area contributed by atoms with Crippen LogP contribution in [0.3, 0.4) is 0 Å². The van der Waals surface area contributed by atoms with E-state index in [4.69, 9.17) is 5.84 Å². The Labute approximate surface area is 121 Å². The largest absolute Gasteiger partial charge is 0.354 e. The van der Waals surface area contributed by atoms with Crippen LogP contribution in [0.15, 0.2) is 11.4 Å². The molecule has 2 unspecified atom stereocenters. The van der Waals surface area contributed by atoms with Crippen molar-refractivity contribution in [3.8, 4) is 0 Å². The van der Waals surface area contributed by atoms with Crippen LogP contribution in [0.4, 0.5) is 0 Å². The summed E-state index contributed by atoms with van der Waals surface area (Å²) >= 11 is 1.40. The van der Waals surface area contributed by atoms with Crippen LogP contribution in [0.5, 0.6) is 0 Å². The zero-order valence-electron chi connectivity index (χ0n) is 11.1. The predicted molar refractivity (Wildman–Crippen MR) is 75.9 cm³/mol. The Kier molecular flexibility index (Phi) is 3.73. The normalized spacial score (nSPS) is 26.1. The lowest BCUT2D eigenvalue weighted by molar-refractivity contribution is -0.124. The Balaban J connectivity index is 1.76. The van der Waals surface area contributed by atoms with Gasteiger partial charge in [0.05, 0.1) is 10.8 Å². The summed E-state index contributed by atoms with van der Waals surface area (Å²) < 4.78 is 0. The first-order valence-corrected chi connectivity index (χ1v) is 7.67. The highest BCUT2D eigenvalue weighted by Crippen LogP contribution is 2.29. The Morgan fingerprint density at radius 3 is 3.25 bits per heavy atom. The topological polar surface area (TPSA) is 87.5 Å². The van der Waals surface area contributed by atoms with Gasteiger partial charge in [0.1, 0.15) is 0 Å². The molecule has 6 nitrogen and oxygen atoms in total. The number of nitrogen functional groups attached to an aromatic ring is 1. The van der Waals surface area contributed by atoms with Crippen molar-refractivity contribution in [1.29, 1.82) is 0 Å². The molecule has 20 heavy (non-hydrogen) atoms. The second-order valence-corrected chi connectivity index (χ2v) is 6.20. The van der Waals surface area contributed by atoms with E-state index in [9.17, 15) is 9.59 Å².